The summed E-state index contributed by atoms with van der Waals surface area (Å²) in [7, 11) is -3.84. The maximum absolute atomic E-state index is 13.1. The average Bonchev–Trinajstić information content (AvgIpc) is 3.27. The van der Waals surface area contributed by atoms with Crippen molar-refractivity contribution in [2.24, 2.45) is 0 Å². The van der Waals surface area contributed by atoms with Crippen LogP contribution in [0.4, 0.5) is 5.82 Å². The van der Waals surface area contributed by atoms with Crippen molar-refractivity contribution in [3.05, 3.63) is 89.4 Å². The molecule has 0 aliphatic heterocycles. The van der Waals surface area contributed by atoms with Gasteiger partial charge in [-0.3, -0.25) is 9.40 Å². The summed E-state index contributed by atoms with van der Waals surface area (Å²) in [4.78, 5) is 0.166. The summed E-state index contributed by atoms with van der Waals surface area (Å²) in [6.07, 6.45) is 1.75. The molecular weight excluding hydrogens is 398 g/mol. The highest BCUT2D eigenvalue weighted by molar-refractivity contribution is 7.92. The molecule has 2 aromatic heterocycles. The van der Waals surface area contributed by atoms with Gasteiger partial charge < -0.3 is 0 Å². The Hall–Kier alpha value is -3.39. The van der Waals surface area contributed by atoms with Gasteiger partial charge in [-0.2, -0.15) is 10.2 Å². The molecule has 0 atom stereocenters. The predicted octanol–water partition coefficient (Wildman–Crippen LogP) is 3.84. The quantitative estimate of drug-likeness (QED) is 0.513. The second-order valence-electron chi connectivity index (χ2n) is 7.24. The van der Waals surface area contributed by atoms with Crippen molar-refractivity contribution >= 4 is 15.8 Å². The Morgan fingerprint density at radius 2 is 1.60 bits per heavy atom. The lowest BCUT2D eigenvalue weighted by molar-refractivity contribution is 0.599. The summed E-state index contributed by atoms with van der Waals surface area (Å²) < 4.78 is 32.1. The standard InChI is InChI=1S/C22H23N5O2S/c1-16-9-11-19(12-10-16)15-26-14-13-21(24-26)25-30(28,29)22-17(2)23-27(18(22)3)20-7-5-4-6-8-20/h4-14H,15H2,1-3H3,(H,24,25). The van der Waals surface area contributed by atoms with Gasteiger partial charge in [0.25, 0.3) is 10.0 Å². The van der Waals surface area contributed by atoms with Gasteiger partial charge >= 0.3 is 0 Å². The Morgan fingerprint density at radius 1 is 0.900 bits per heavy atom. The van der Waals surface area contributed by atoms with Gasteiger partial charge in [0, 0.05) is 12.3 Å². The van der Waals surface area contributed by atoms with E-state index in [2.05, 4.69) is 14.9 Å². The monoisotopic (exact) mass is 421 g/mol. The number of sulfonamides is 1. The number of nitrogens with one attached hydrogen (secondary N) is 1. The molecule has 0 aliphatic carbocycles. The molecule has 0 fully saturated rings. The third-order valence-corrected chi connectivity index (χ3v) is 6.45. The van der Waals surface area contributed by atoms with E-state index in [0.29, 0.717) is 17.9 Å². The number of nitrogens with zero attached hydrogens (tertiary/aromatic N) is 4. The Kier molecular flexibility index (Phi) is 5.17. The molecule has 0 saturated carbocycles. The molecule has 0 spiro atoms. The fourth-order valence-corrected chi connectivity index (χ4v) is 4.80. The van der Waals surface area contributed by atoms with Crippen LogP contribution in [0.15, 0.2) is 71.8 Å². The number of hydrogen-bond donors (Lipinski definition) is 1. The lowest BCUT2D eigenvalue weighted by atomic mass is 10.1. The number of anilines is 1. The summed E-state index contributed by atoms with van der Waals surface area (Å²) in [6.45, 7) is 6.04. The predicted molar refractivity (Wildman–Crippen MR) is 116 cm³/mol. The topological polar surface area (TPSA) is 81.8 Å². The van der Waals surface area contributed by atoms with Gasteiger partial charge in [-0.05, 0) is 38.5 Å². The summed E-state index contributed by atoms with van der Waals surface area (Å²) in [6, 6.07) is 19.2. The van der Waals surface area contributed by atoms with Gasteiger partial charge in [0.05, 0.1) is 23.6 Å². The molecular formula is C22H23N5O2S. The van der Waals surface area contributed by atoms with E-state index in [-0.39, 0.29) is 10.7 Å². The Morgan fingerprint density at radius 3 is 2.30 bits per heavy atom. The van der Waals surface area contributed by atoms with Gasteiger partial charge in [0.15, 0.2) is 5.82 Å². The lowest BCUT2D eigenvalue weighted by Gasteiger charge is -2.07. The van der Waals surface area contributed by atoms with Gasteiger partial charge in [-0.1, -0.05) is 48.0 Å². The number of benzene rings is 2. The highest BCUT2D eigenvalue weighted by Gasteiger charge is 2.26. The van der Waals surface area contributed by atoms with Gasteiger partial charge in [-0.15, -0.1) is 0 Å². The van der Waals surface area contributed by atoms with E-state index in [0.717, 1.165) is 11.3 Å². The minimum atomic E-state index is -3.84. The first-order valence-corrected chi connectivity index (χ1v) is 11.1. The van der Waals surface area contributed by atoms with Gasteiger partial charge in [-0.25, -0.2) is 13.1 Å². The SMILES string of the molecule is Cc1ccc(Cn2ccc(NS(=O)(=O)c3c(C)nn(-c4ccccc4)c3C)n2)cc1. The number of rotatable bonds is 6. The van der Waals surface area contributed by atoms with E-state index < -0.39 is 10.0 Å². The molecule has 4 rings (SSSR count). The molecule has 30 heavy (non-hydrogen) atoms. The van der Waals surface area contributed by atoms with Crippen molar-refractivity contribution in [2.45, 2.75) is 32.2 Å². The van der Waals surface area contributed by atoms with Crippen molar-refractivity contribution in [1.82, 2.24) is 19.6 Å². The maximum atomic E-state index is 13.1. The first kappa shape index (κ1) is 19.9. The first-order chi connectivity index (χ1) is 14.3. The van der Waals surface area contributed by atoms with Crippen LogP contribution in [0.1, 0.15) is 22.5 Å². The van der Waals surface area contributed by atoms with Crippen molar-refractivity contribution < 1.29 is 8.42 Å². The molecule has 154 valence electrons. The molecule has 0 bridgehead atoms. The Labute approximate surface area is 176 Å². The van der Waals surface area contributed by atoms with E-state index in [1.165, 1.54) is 5.56 Å². The molecule has 2 heterocycles. The zero-order valence-corrected chi connectivity index (χ0v) is 17.9. The van der Waals surface area contributed by atoms with Crippen LogP contribution in [0.2, 0.25) is 0 Å². The summed E-state index contributed by atoms with van der Waals surface area (Å²) in [5, 5.41) is 8.79. The van der Waals surface area contributed by atoms with Crippen LogP contribution in [-0.4, -0.2) is 28.0 Å². The van der Waals surface area contributed by atoms with Crippen LogP contribution in [-0.2, 0) is 16.6 Å². The minimum absolute atomic E-state index is 0.166. The minimum Gasteiger partial charge on any atom is -0.266 e. The molecule has 0 aliphatic rings. The van der Waals surface area contributed by atoms with Crippen LogP contribution in [0, 0.1) is 20.8 Å². The third kappa shape index (κ3) is 3.99. The zero-order valence-electron chi connectivity index (χ0n) is 17.1. The van der Waals surface area contributed by atoms with Crippen molar-refractivity contribution in [2.75, 3.05) is 4.72 Å². The van der Waals surface area contributed by atoms with Gasteiger partial charge in [0.2, 0.25) is 0 Å². The molecule has 2 aromatic carbocycles. The van der Waals surface area contributed by atoms with Crippen LogP contribution in [0.5, 0.6) is 0 Å². The number of hydrogen-bond acceptors (Lipinski definition) is 4. The largest absolute Gasteiger partial charge is 0.266 e. The molecule has 7 nitrogen and oxygen atoms in total. The normalized spacial score (nSPS) is 11.6. The molecule has 0 unspecified atom stereocenters. The number of aryl methyl sites for hydroxylation is 2. The van der Waals surface area contributed by atoms with Crippen molar-refractivity contribution in [3.63, 3.8) is 0 Å². The molecule has 4 aromatic rings. The summed E-state index contributed by atoms with van der Waals surface area (Å²) in [5.41, 5.74) is 4.07. The first-order valence-electron chi connectivity index (χ1n) is 9.57. The molecule has 8 heteroatoms. The highest BCUT2D eigenvalue weighted by atomic mass is 32.2. The van der Waals surface area contributed by atoms with Crippen LogP contribution < -0.4 is 4.72 Å². The van der Waals surface area contributed by atoms with E-state index >= 15 is 0 Å². The molecule has 0 radical (unpaired) electrons. The Balaban J connectivity index is 1.58. The van der Waals surface area contributed by atoms with Gasteiger partial charge in [0.1, 0.15) is 4.90 Å². The van der Waals surface area contributed by atoms with Crippen molar-refractivity contribution in [3.8, 4) is 5.69 Å². The summed E-state index contributed by atoms with van der Waals surface area (Å²) in [5.74, 6) is 0.272. The van der Waals surface area contributed by atoms with E-state index in [4.69, 9.17) is 0 Å². The second kappa shape index (κ2) is 7.79. The summed E-state index contributed by atoms with van der Waals surface area (Å²) >= 11 is 0. The Bertz CT molecular complexity index is 1270. The van der Waals surface area contributed by atoms with E-state index in [9.17, 15) is 8.42 Å². The fourth-order valence-electron chi connectivity index (χ4n) is 3.41. The molecule has 0 saturated heterocycles. The highest BCUT2D eigenvalue weighted by Crippen LogP contribution is 2.24. The fraction of sp³-hybridized carbons (Fsp3) is 0.182. The number of para-hydroxylation sites is 1. The lowest BCUT2D eigenvalue weighted by Crippen LogP contribution is -2.15. The smallest absolute Gasteiger partial charge is 0.266 e. The van der Waals surface area contributed by atoms with E-state index in [1.807, 2.05) is 61.5 Å². The third-order valence-electron chi connectivity index (χ3n) is 4.84. The molecule has 1 N–H and O–H groups in total. The average molecular weight is 422 g/mol. The van der Waals surface area contributed by atoms with Crippen LogP contribution >= 0.6 is 0 Å². The van der Waals surface area contributed by atoms with Crippen LogP contribution in [0.25, 0.3) is 5.69 Å². The second-order valence-corrected chi connectivity index (χ2v) is 8.86. The van der Waals surface area contributed by atoms with E-state index in [1.54, 1.807) is 35.5 Å². The maximum Gasteiger partial charge on any atom is 0.266 e. The zero-order chi connectivity index (χ0) is 21.3. The molecule has 0 amide bonds. The van der Waals surface area contributed by atoms with Crippen molar-refractivity contribution in [1.29, 1.82) is 0 Å². The van der Waals surface area contributed by atoms with Crippen LogP contribution in [0.3, 0.4) is 0 Å². The number of aromatic nitrogens is 4.